The molecule has 312 valence electrons. The Hall–Kier alpha value is -4.78. The van der Waals surface area contributed by atoms with E-state index in [1.165, 1.54) is 106 Å². The maximum atomic E-state index is 13.4. The van der Waals surface area contributed by atoms with E-state index in [9.17, 15) is 9.59 Å². The van der Waals surface area contributed by atoms with E-state index in [-0.39, 0.29) is 11.6 Å². The maximum absolute atomic E-state index is 13.4. The Morgan fingerprint density at radius 1 is 0.650 bits per heavy atom. The van der Waals surface area contributed by atoms with Crippen LogP contribution < -0.4 is 0 Å². The first kappa shape index (κ1) is 40.6. The number of H-pyrrole nitrogens is 1. The number of rotatable bonds is 11. The Morgan fingerprint density at radius 3 is 2.18 bits per heavy atom. The van der Waals surface area contributed by atoms with Crippen LogP contribution in [0.15, 0.2) is 102 Å². The minimum atomic E-state index is 0.127. The van der Waals surface area contributed by atoms with Gasteiger partial charge < -0.3 is 19.2 Å². The molecule has 0 amide bonds. The topological polar surface area (TPSA) is 69.5 Å². The average molecular weight is 802 g/mol. The molecule has 6 aromatic rings. The highest BCUT2D eigenvalue weighted by atomic mass is 16.3. The second-order valence-electron chi connectivity index (χ2n) is 18.2. The Balaban J connectivity index is 0.000000154. The quantitative estimate of drug-likeness (QED) is 0.132. The van der Waals surface area contributed by atoms with E-state index in [1.807, 2.05) is 54.8 Å². The van der Waals surface area contributed by atoms with Gasteiger partial charge in [-0.1, -0.05) is 75.6 Å². The number of unbranched alkanes of at least 4 members (excludes halogenated alkanes) is 1. The normalized spacial score (nSPS) is 22.0. The number of benzene rings is 4. The van der Waals surface area contributed by atoms with Crippen LogP contribution in [0, 0.1) is 0 Å². The van der Waals surface area contributed by atoms with Gasteiger partial charge in [-0.3, -0.25) is 9.59 Å². The molecule has 2 aromatic heterocycles. The summed E-state index contributed by atoms with van der Waals surface area (Å²) in [6, 6.07) is 29.8. The number of nitrogens with one attached hydrogen (secondary N) is 1. The van der Waals surface area contributed by atoms with E-state index in [0.29, 0.717) is 17.9 Å². The summed E-state index contributed by atoms with van der Waals surface area (Å²) in [6.07, 6.45) is 21.0. The van der Waals surface area contributed by atoms with E-state index >= 15 is 0 Å². The maximum Gasteiger partial charge on any atom is 0.193 e. The molecule has 0 spiro atoms. The van der Waals surface area contributed by atoms with Crippen molar-refractivity contribution in [1.29, 1.82) is 0 Å². The smallest absolute Gasteiger partial charge is 0.193 e. The number of fused-ring (bicyclic) bond motifs is 4. The molecule has 6 heteroatoms. The van der Waals surface area contributed by atoms with Crippen molar-refractivity contribution >= 4 is 33.4 Å². The molecule has 0 saturated carbocycles. The number of piperidine rings is 3. The highest BCUT2D eigenvalue weighted by molar-refractivity contribution is 6.12. The molecule has 4 aromatic carbocycles. The molecule has 4 aliphatic heterocycles. The third kappa shape index (κ3) is 8.56. The zero-order valence-corrected chi connectivity index (χ0v) is 35.9. The van der Waals surface area contributed by atoms with Crippen LogP contribution in [0.1, 0.15) is 157 Å². The molecule has 4 unspecified atom stereocenters. The first-order valence-corrected chi connectivity index (χ1v) is 23.3. The molecule has 6 nitrogen and oxygen atoms in total. The number of aromatic amines is 1. The minimum absolute atomic E-state index is 0.127. The van der Waals surface area contributed by atoms with E-state index in [4.69, 9.17) is 4.42 Å². The van der Waals surface area contributed by atoms with E-state index in [0.717, 1.165) is 82.4 Å². The summed E-state index contributed by atoms with van der Waals surface area (Å²) < 4.78 is 5.93. The Kier molecular flexibility index (Phi) is 12.5. The molecule has 0 bridgehead atoms. The minimum Gasteiger partial charge on any atom is -0.464 e. The van der Waals surface area contributed by atoms with Gasteiger partial charge in [-0.05, 0) is 168 Å². The molecule has 1 N–H and O–H groups in total. The van der Waals surface area contributed by atoms with E-state index in [1.54, 1.807) is 0 Å². The fourth-order valence-electron chi connectivity index (χ4n) is 11.1. The molecule has 60 heavy (non-hydrogen) atoms. The van der Waals surface area contributed by atoms with Gasteiger partial charge in [0.05, 0.1) is 6.26 Å². The molecule has 4 fully saturated rings. The number of furan rings is 1. The predicted octanol–water partition coefficient (Wildman–Crippen LogP) is 12.4. The number of aromatic nitrogens is 1. The van der Waals surface area contributed by atoms with Gasteiger partial charge in [0.1, 0.15) is 5.58 Å². The fraction of sp³-hybridized carbons (Fsp3) is 0.444. The summed E-state index contributed by atoms with van der Waals surface area (Å²) in [5.74, 6) is 1.38. The van der Waals surface area contributed by atoms with E-state index in [2.05, 4.69) is 71.2 Å². The van der Waals surface area contributed by atoms with Crippen molar-refractivity contribution in [1.82, 2.24) is 14.8 Å². The molecule has 0 aliphatic carbocycles. The van der Waals surface area contributed by atoms with Crippen molar-refractivity contribution in [3.63, 3.8) is 0 Å². The van der Waals surface area contributed by atoms with Crippen LogP contribution in [0.2, 0.25) is 0 Å². The Bertz CT molecular complexity index is 2440. The SMILES string of the molecule is CCCCc1ccccc1C(=O)c1ccc2occ(C3CCN4CCCCC4C3)c2c1.CCCc1cccc(C(=O)c2ccc3[nH]cc(C4CCN5CCCC5C4)c3c2)c1. The predicted molar refractivity (Wildman–Crippen MR) is 245 cm³/mol. The first-order valence-electron chi connectivity index (χ1n) is 23.3. The standard InChI is InChI=1S/C28H33NO2.C26H30N2O/c1-2-3-8-20-9-4-5-11-24(20)28(30)22-12-13-27-25(18-22)26(19-31-27)21-14-16-29-15-7-6-10-23(29)17-21;1-2-5-18-6-3-7-20(14-18)26(29)21-9-10-25-23(16-21)24(17-27-25)19-11-13-28-12-4-8-22(28)15-19/h4-5,9,11-13,18-19,21,23H,2-3,6-8,10,14-17H2,1H3;3,6-7,9-10,14,16-17,19,22,27H,2,4-5,8,11-13,15H2,1H3. The van der Waals surface area contributed by atoms with Crippen LogP contribution in [0.25, 0.3) is 21.9 Å². The van der Waals surface area contributed by atoms with Gasteiger partial charge >= 0.3 is 0 Å². The molecular formula is C54H63N3O3. The van der Waals surface area contributed by atoms with Gasteiger partial charge in [0, 0.05) is 62.4 Å². The Morgan fingerprint density at radius 2 is 1.37 bits per heavy atom. The van der Waals surface area contributed by atoms with Gasteiger partial charge in [0.15, 0.2) is 11.6 Å². The molecule has 4 atom stereocenters. The van der Waals surface area contributed by atoms with Crippen LogP contribution in [-0.4, -0.2) is 64.6 Å². The van der Waals surface area contributed by atoms with Gasteiger partial charge in [0.25, 0.3) is 0 Å². The fourth-order valence-corrected chi connectivity index (χ4v) is 11.1. The van der Waals surface area contributed by atoms with Gasteiger partial charge in [0.2, 0.25) is 0 Å². The highest BCUT2D eigenvalue weighted by Crippen LogP contribution is 2.41. The molecule has 0 radical (unpaired) electrons. The second kappa shape index (κ2) is 18.5. The summed E-state index contributed by atoms with van der Waals surface area (Å²) in [4.78, 5) is 35.4. The summed E-state index contributed by atoms with van der Waals surface area (Å²) in [5.41, 5.74) is 10.4. The third-order valence-electron chi connectivity index (χ3n) is 14.4. The van der Waals surface area contributed by atoms with Crippen LogP contribution in [0.3, 0.4) is 0 Å². The number of carbonyl (C=O) groups excluding carboxylic acids is 2. The van der Waals surface area contributed by atoms with Gasteiger partial charge in [-0.25, -0.2) is 0 Å². The van der Waals surface area contributed by atoms with Crippen molar-refractivity contribution in [3.8, 4) is 0 Å². The largest absolute Gasteiger partial charge is 0.464 e. The van der Waals surface area contributed by atoms with Crippen molar-refractivity contribution in [2.75, 3.05) is 26.2 Å². The number of hydrogen-bond donors (Lipinski definition) is 1. The van der Waals surface area contributed by atoms with Gasteiger partial charge in [-0.2, -0.15) is 0 Å². The van der Waals surface area contributed by atoms with Crippen LogP contribution in [0.4, 0.5) is 0 Å². The lowest BCUT2D eigenvalue weighted by Gasteiger charge is -2.42. The number of nitrogens with zero attached hydrogens (tertiary/aromatic N) is 2. The monoisotopic (exact) mass is 801 g/mol. The highest BCUT2D eigenvalue weighted by Gasteiger charge is 2.34. The number of aryl methyl sites for hydroxylation is 2. The van der Waals surface area contributed by atoms with E-state index < -0.39 is 0 Å². The average Bonchev–Trinajstić information content (AvgIpc) is 4.06. The van der Waals surface area contributed by atoms with Crippen LogP contribution in [0.5, 0.6) is 0 Å². The molecule has 4 saturated heterocycles. The van der Waals surface area contributed by atoms with Crippen molar-refractivity contribution in [2.24, 2.45) is 0 Å². The second-order valence-corrected chi connectivity index (χ2v) is 18.2. The third-order valence-corrected chi connectivity index (χ3v) is 14.4. The van der Waals surface area contributed by atoms with Crippen molar-refractivity contribution in [2.45, 2.75) is 128 Å². The zero-order valence-electron chi connectivity index (χ0n) is 35.9. The Labute approximate surface area is 356 Å². The summed E-state index contributed by atoms with van der Waals surface area (Å²) in [6.45, 7) is 9.30. The summed E-state index contributed by atoms with van der Waals surface area (Å²) in [5, 5.41) is 2.36. The molecular weight excluding hydrogens is 739 g/mol. The van der Waals surface area contributed by atoms with Crippen LogP contribution in [-0.2, 0) is 12.8 Å². The lowest BCUT2D eigenvalue weighted by Crippen LogP contribution is -2.44. The van der Waals surface area contributed by atoms with Gasteiger partial charge in [-0.15, -0.1) is 0 Å². The number of carbonyl (C=O) groups is 2. The van der Waals surface area contributed by atoms with Crippen LogP contribution >= 0.6 is 0 Å². The number of ketones is 2. The van der Waals surface area contributed by atoms with Crippen molar-refractivity contribution in [3.05, 3.63) is 142 Å². The van der Waals surface area contributed by atoms with Crippen molar-refractivity contribution < 1.29 is 14.0 Å². The number of hydrogen-bond acceptors (Lipinski definition) is 5. The summed E-state index contributed by atoms with van der Waals surface area (Å²) in [7, 11) is 0. The lowest BCUT2D eigenvalue weighted by atomic mass is 9.82. The lowest BCUT2D eigenvalue weighted by molar-refractivity contribution is 0.0975. The first-order chi connectivity index (χ1) is 29.5. The molecule has 6 heterocycles. The molecule has 4 aliphatic rings. The molecule has 10 rings (SSSR count). The summed E-state index contributed by atoms with van der Waals surface area (Å²) >= 11 is 0. The zero-order chi connectivity index (χ0) is 41.0.